The molecule has 0 unspecified atom stereocenters. The number of carbonyl (C=O) groups excluding carboxylic acids is 1. The molecule has 0 aliphatic rings. The van der Waals surface area contributed by atoms with Crippen LogP contribution in [0.4, 0.5) is 0 Å². The number of aromatic nitrogens is 1. The Morgan fingerprint density at radius 1 is 1.04 bits per heavy atom. The number of rotatable bonds is 6. The van der Waals surface area contributed by atoms with Crippen molar-refractivity contribution in [1.29, 1.82) is 0 Å². The molecule has 5 heteroatoms. The number of pyridine rings is 1. The van der Waals surface area contributed by atoms with E-state index in [4.69, 9.17) is 16.0 Å². The largest absolute Gasteiger partial charge is 0.467 e. The summed E-state index contributed by atoms with van der Waals surface area (Å²) in [6.45, 7) is 0.817. The van der Waals surface area contributed by atoms with Crippen LogP contribution in [0.5, 0.6) is 0 Å². The molecule has 2 heterocycles. The average molecular weight is 341 g/mol. The van der Waals surface area contributed by atoms with Gasteiger partial charge in [-0.15, -0.1) is 0 Å². The molecular weight excluding hydrogens is 324 g/mol. The summed E-state index contributed by atoms with van der Waals surface area (Å²) in [6.07, 6.45) is 3.57. The van der Waals surface area contributed by atoms with Crippen LogP contribution in [0.2, 0.25) is 5.02 Å². The zero-order chi connectivity index (χ0) is 16.8. The normalized spacial score (nSPS) is 10.5. The van der Waals surface area contributed by atoms with Gasteiger partial charge in [0.1, 0.15) is 5.76 Å². The number of furan rings is 1. The minimum atomic E-state index is -0.0230. The molecule has 0 saturated carbocycles. The van der Waals surface area contributed by atoms with E-state index in [-0.39, 0.29) is 12.3 Å². The lowest BCUT2D eigenvalue weighted by Crippen LogP contribution is -2.31. The minimum absolute atomic E-state index is 0.0230. The van der Waals surface area contributed by atoms with Crippen LogP contribution in [0, 0.1) is 0 Å². The molecule has 0 aliphatic heterocycles. The van der Waals surface area contributed by atoms with Crippen molar-refractivity contribution in [3.63, 3.8) is 0 Å². The predicted octanol–water partition coefficient (Wildman–Crippen LogP) is 4.10. The van der Waals surface area contributed by atoms with Gasteiger partial charge in [-0.25, -0.2) is 0 Å². The van der Waals surface area contributed by atoms with Crippen LogP contribution < -0.4 is 0 Å². The molecule has 0 fully saturated rings. The number of halogens is 1. The molecular formula is C19H17ClN2O2. The Kier molecular flexibility index (Phi) is 5.29. The van der Waals surface area contributed by atoms with E-state index in [2.05, 4.69) is 4.98 Å². The Hall–Kier alpha value is -2.59. The molecule has 24 heavy (non-hydrogen) atoms. The number of amides is 1. The van der Waals surface area contributed by atoms with Crippen molar-refractivity contribution in [1.82, 2.24) is 9.88 Å². The first-order valence-corrected chi connectivity index (χ1v) is 8.03. The number of benzene rings is 1. The SMILES string of the molecule is O=C(Cc1ccccc1Cl)N(Cc1ccccn1)Cc1ccco1. The lowest BCUT2D eigenvalue weighted by atomic mass is 10.1. The summed E-state index contributed by atoms with van der Waals surface area (Å²) in [4.78, 5) is 18.8. The Morgan fingerprint density at radius 2 is 1.88 bits per heavy atom. The van der Waals surface area contributed by atoms with Gasteiger partial charge < -0.3 is 9.32 Å². The monoisotopic (exact) mass is 340 g/mol. The highest BCUT2D eigenvalue weighted by molar-refractivity contribution is 6.31. The van der Waals surface area contributed by atoms with Crippen LogP contribution in [0.15, 0.2) is 71.5 Å². The van der Waals surface area contributed by atoms with Crippen LogP contribution in [0.1, 0.15) is 17.0 Å². The fourth-order valence-corrected chi connectivity index (χ4v) is 2.63. The van der Waals surface area contributed by atoms with Gasteiger partial charge in [-0.1, -0.05) is 35.9 Å². The molecule has 4 nitrogen and oxygen atoms in total. The highest BCUT2D eigenvalue weighted by Gasteiger charge is 2.18. The van der Waals surface area contributed by atoms with Crippen molar-refractivity contribution >= 4 is 17.5 Å². The third-order valence-corrected chi connectivity index (χ3v) is 4.03. The molecule has 0 spiro atoms. The topological polar surface area (TPSA) is 46.3 Å². The molecule has 2 aromatic heterocycles. The molecule has 3 rings (SSSR count). The number of hydrogen-bond acceptors (Lipinski definition) is 3. The van der Waals surface area contributed by atoms with Gasteiger partial charge in [0.25, 0.3) is 0 Å². The maximum atomic E-state index is 12.8. The standard InChI is InChI=1S/C19H17ClN2O2/c20-18-9-2-1-6-15(18)12-19(23)22(14-17-8-5-11-24-17)13-16-7-3-4-10-21-16/h1-11H,12-14H2. The Bertz CT molecular complexity index is 788. The van der Waals surface area contributed by atoms with Crippen molar-refractivity contribution in [2.75, 3.05) is 0 Å². The molecule has 122 valence electrons. The van der Waals surface area contributed by atoms with Crippen molar-refractivity contribution < 1.29 is 9.21 Å². The minimum Gasteiger partial charge on any atom is -0.467 e. The summed E-state index contributed by atoms with van der Waals surface area (Å²) in [7, 11) is 0. The van der Waals surface area contributed by atoms with Crippen molar-refractivity contribution in [2.45, 2.75) is 19.5 Å². The smallest absolute Gasteiger partial charge is 0.227 e. The van der Waals surface area contributed by atoms with Crippen molar-refractivity contribution in [3.8, 4) is 0 Å². The van der Waals surface area contributed by atoms with E-state index in [1.807, 2.05) is 48.5 Å². The summed E-state index contributed by atoms with van der Waals surface area (Å²) in [6, 6.07) is 16.7. The summed E-state index contributed by atoms with van der Waals surface area (Å²) in [5.41, 5.74) is 1.64. The molecule has 0 N–H and O–H groups in total. The molecule has 0 aliphatic carbocycles. The number of nitrogens with zero attached hydrogens (tertiary/aromatic N) is 2. The van der Waals surface area contributed by atoms with Gasteiger partial charge in [0.05, 0.1) is 31.5 Å². The molecule has 0 bridgehead atoms. The van der Waals surface area contributed by atoms with E-state index in [1.54, 1.807) is 23.4 Å². The fraction of sp³-hybridized carbons (Fsp3) is 0.158. The Balaban J connectivity index is 1.77. The lowest BCUT2D eigenvalue weighted by Gasteiger charge is -2.21. The number of carbonyl (C=O) groups is 1. The maximum absolute atomic E-state index is 12.8. The maximum Gasteiger partial charge on any atom is 0.227 e. The summed E-state index contributed by atoms with van der Waals surface area (Å²) >= 11 is 6.17. The Labute approximate surface area is 145 Å². The van der Waals surface area contributed by atoms with E-state index < -0.39 is 0 Å². The zero-order valence-corrected chi connectivity index (χ0v) is 13.8. The van der Waals surface area contributed by atoms with Gasteiger partial charge in [-0.3, -0.25) is 9.78 Å². The van der Waals surface area contributed by atoms with Crippen LogP contribution in [-0.4, -0.2) is 15.8 Å². The average Bonchev–Trinajstić information content (AvgIpc) is 3.10. The quantitative estimate of drug-likeness (QED) is 0.678. The second kappa shape index (κ2) is 7.79. The summed E-state index contributed by atoms with van der Waals surface area (Å²) < 4.78 is 5.39. The third kappa shape index (κ3) is 4.24. The van der Waals surface area contributed by atoms with Crippen LogP contribution >= 0.6 is 11.6 Å². The van der Waals surface area contributed by atoms with Gasteiger partial charge in [0.2, 0.25) is 5.91 Å². The van der Waals surface area contributed by atoms with Gasteiger partial charge in [-0.05, 0) is 35.9 Å². The molecule has 0 atom stereocenters. The second-order valence-corrected chi connectivity index (χ2v) is 5.83. The van der Waals surface area contributed by atoms with Crippen LogP contribution in [-0.2, 0) is 24.3 Å². The Morgan fingerprint density at radius 3 is 2.58 bits per heavy atom. The van der Waals surface area contributed by atoms with Gasteiger partial charge in [0, 0.05) is 11.2 Å². The molecule has 1 amide bonds. The third-order valence-electron chi connectivity index (χ3n) is 3.66. The van der Waals surface area contributed by atoms with Crippen LogP contribution in [0.3, 0.4) is 0 Å². The summed E-state index contributed by atoms with van der Waals surface area (Å²) in [5.74, 6) is 0.712. The highest BCUT2D eigenvalue weighted by atomic mass is 35.5. The number of hydrogen-bond donors (Lipinski definition) is 0. The molecule has 3 aromatic rings. The van der Waals surface area contributed by atoms with Crippen LogP contribution in [0.25, 0.3) is 0 Å². The molecule has 0 saturated heterocycles. The van der Waals surface area contributed by atoms with E-state index in [9.17, 15) is 4.79 Å². The van der Waals surface area contributed by atoms with E-state index >= 15 is 0 Å². The first-order chi connectivity index (χ1) is 11.7. The fourth-order valence-electron chi connectivity index (χ4n) is 2.43. The summed E-state index contributed by atoms with van der Waals surface area (Å²) in [5, 5.41) is 0.599. The van der Waals surface area contributed by atoms with E-state index in [0.717, 1.165) is 17.0 Å². The lowest BCUT2D eigenvalue weighted by molar-refractivity contribution is -0.132. The van der Waals surface area contributed by atoms with Gasteiger partial charge >= 0.3 is 0 Å². The molecule has 0 radical (unpaired) electrons. The predicted molar refractivity (Wildman–Crippen MR) is 92.4 cm³/mol. The van der Waals surface area contributed by atoms with E-state index in [0.29, 0.717) is 18.1 Å². The van der Waals surface area contributed by atoms with E-state index in [1.165, 1.54) is 0 Å². The first-order valence-electron chi connectivity index (χ1n) is 7.66. The first kappa shape index (κ1) is 16.3. The highest BCUT2D eigenvalue weighted by Crippen LogP contribution is 2.18. The zero-order valence-electron chi connectivity index (χ0n) is 13.1. The van der Waals surface area contributed by atoms with Gasteiger partial charge in [-0.2, -0.15) is 0 Å². The van der Waals surface area contributed by atoms with Gasteiger partial charge in [0.15, 0.2) is 0 Å². The molecule has 1 aromatic carbocycles. The second-order valence-electron chi connectivity index (χ2n) is 5.42. The van der Waals surface area contributed by atoms with Crippen molar-refractivity contribution in [3.05, 3.63) is 89.1 Å². The van der Waals surface area contributed by atoms with Crippen molar-refractivity contribution in [2.24, 2.45) is 0 Å².